The van der Waals surface area contributed by atoms with E-state index in [0.29, 0.717) is 18.2 Å². The summed E-state index contributed by atoms with van der Waals surface area (Å²) in [5.41, 5.74) is 1.36. The number of ether oxygens (including phenoxy) is 2. The van der Waals surface area contributed by atoms with Gasteiger partial charge in [0, 0.05) is 24.0 Å². The quantitative estimate of drug-likeness (QED) is 0.445. The largest absolute Gasteiger partial charge is 0.490 e. The summed E-state index contributed by atoms with van der Waals surface area (Å²) in [4.78, 5) is 14.8. The molecule has 0 amide bonds. The fourth-order valence-corrected chi connectivity index (χ4v) is 6.86. The van der Waals surface area contributed by atoms with E-state index in [0.717, 1.165) is 37.0 Å². The van der Waals surface area contributed by atoms with Gasteiger partial charge < -0.3 is 9.47 Å². The van der Waals surface area contributed by atoms with Gasteiger partial charge in [-0.3, -0.25) is 9.69 Å². The number of esters is 1. The van der Waals surface area contributed by atoms with E-state index in [1.54, 1.807) is 0 Å². The van der Waals surface area contributed by atoms with E-state index in [-0.39, 0.29) is 11.9 Å². The number of carbonyl (C=O) groups excluding carboxylic acids is 1. The van der Waals surface area contributed by atoms with Crippen LogP contribution in [0.3, 0.4) is 0 Å². The van der Waals surface area contributed by atoms with Crippen molar-refractivity contribution in [1.82, 2.24) is 4.90 Å². The third kappa shape index (κ3) is 4.98. The van der Waals surface area contributed by atoms with Crippen LogP contribution in [0.1, 0.15) is 77.2 Å². The van der Waals surface area contributed by atoms with Crippen LogP contribution in [0.2, 0.25) is 0 Å². The van der Waals surface area contributed by atoms with E-state index >= 15 is 0 Å². The molecule has 2 bridgehead atoms. The van der Waals surface area contributed by atoms with Crippen LogP contribution in [0, 0.1) is 17.8 Å². The number of nitrogens with zero attached hydrogens (tertiary/aromatic N) is 1. The number of methoxy groups -OCH3 is 1. The van der Waals surface area contributed by atoms with Gasteiger partial charge in [0.25, 0.3) is 0 Å². The molecule has 2 aromatic rings. The van der Waals surface area contributed by atoms with Crippen LogP contribution in [0.15, 0.2) is 36.4 Å². The lowest BCUT2D eigenvalue weighted by Crippen LogP contribution is -2.52. The molecule has 34 heavy (non-hydrogen) atoms. The summed E-state index contributed by atoms with van der Waals surface area (Å²) in [6.45, 7) is 5.66. The smallest absolute Gasteiger partial charge is 0.308 e. The molecule has 2 aromatic carbocycles. The summed E-state index contributed by atoms with van der Waals surface area (Å²) >= 11 is 0. The van der Waals surface area contributed by atoms with Crippen LogP contribution in [0.4, 0.5) is 0 Å². The molecule has 0 aromatic heterocycles. The molecular weight excluding hydrogens is 422 g/mol. The van der Waals surface area contributed by atoms with E-state index < -0.39 is 0 Å². The number of rotatable bonds is 6. The van der Waals surface area contributed by atoms with Crippen molar-refractivity contribution in [1.29, 1.82) is 0 Å². The van der Waals surface area contributed by atoms with Crippen LogP contribution in [-0.2, 0) is 16.1 Å². The van der Waals surface area contributed by atoms with Crippen molar-refractivity contribution in [3.8, 4) is 5.75 Å². The molecule has 1 saturated carbocycles. The van der Waals surface area contributed by atoms with Gasteiger partial charge in [0.2, 0.25) is 0 Å². The standard InChI is InChI=1S/C30H41NO3/c1-20(2)22-11-13-27(14-12-22)34-29-9-4-6-23-16-21(10-15-28(23)29)19-31-25-7-5-8-26(31)18-24(17-25)30(32)33-3/h4,6,9-10,15-16,20,22,24-27H,5,7-8,11-14,17-19H2,1-3H3/t22-,24?,25?,26?,27-. The van der Waals surface area contributed by atoms with Crippen molar-refractivity contribution >= 4 is 16.7 Å². The predicted molar refractivity (Wildman–Crippen MR) is 137 cm³/mol. The Morgan fingerprint density at radius 1 is 1.00 bits per heavy atom. The minimum absolute atomic E-state index is 0.0209. The van der Waals surface area contributed by atoms with E-state index in [1.165, 1.54) is 68.4 Å². The number of hydrogen-bond acceptors (Lipinski definition) is 4. The zero-order chi connectivity index (χ0) is 23.7. The first-order chi connectivity index (χ1) is 16.5. The molecule has 4 nitrogen and oxygen atoms in total. The van der Waals surface area contributed by atoms with Crippen LogP contribution in [0.25, 0.3) is 10.8 Å². The highest BCUT2D eigenvalue weighted by molar-refractivity contribution is 5.88. The second-order valence-corrected chi connectivity index (χ2v) is 11.3. The van der Waals surface area contributed by atoms with Gasteiger partial charge >= 0.3 is 5.97 Å². The van der Waals surface area contributed by atoms with Gasteiger partial charge in [-0.25, -0.2) is 0 Å². The number of carbonyl (C=O) groups is 1. The van der Waals surface area contributed by atoms with E-state index in [2.05, 4.69) is 55.1 Å². The van der Waals surface area contributed by atoms with Gasteiger partial charge in [-0.1, -0.05) is 44.5 Å². The molecule has 0 N–H and O–H groups in total. The zero-order valence-corrected chi connectivity index (χ0v) is 21.2. The topological polar surface area (TPSA) is 38.8 Å². The first kappa shape index (κ1) is 23.7. The second kappa shape index (κ2) is 10.3. The maximum atomic E-state index is 12.2. The van der Waals surface area contributed by atoms with E-state index in [4.69, 9.17) is 9.47 Å². The first-order valence-electron chi connectivity index (χ1n) is 13.5. The first-order valence-corrected chi connectivity index (χ1v) is 13.5. The highest BCUT2D eigenvalue weighted by Crippen LogP contribution is 2.39. The highest BCUT2D eigenvalue weighted by atomic mass is 16.5. The molecule has 1 aliphatic carbocycles. The number of benzene rings is 2. The second-order valence-electron chi connectivity index (χ2n) is 11.3. The Morgan fingerprint density at radius 3 is 2.41 bits per heavy atom. The lowest BCUT2D eigenvalue weighted by Gasteiger charge is -2.48. The maximum Gasteiger partial charge on any atom is 0.308 e. The molecule has 0 radical (unpaired) electrons. The van der Waals surface area contributed by atoms with Crippen molar-refractivity contribution < 1.29 is 14.3 Å². The summed E-state index contributed by atoms with van der Waals surface area (Å²) in [5, 5.41) is 2.49. The Hall–Kier alpha value is -2.07. The average Bonchev–Trinajstić information content (AvgIpc) is 2.83. The Kier molecular flexibility index (Phi) is 7.15. The van der Waals surface area contributed by atoms with Crippen LogP contribution in [-0.4, -0.2) is 36.2 Å². The Labute approximate surface area is 205 Å². The molecule has 184 valence electrons. The number of hydrogen-bond donors (Lipinski definition) is 0. The van der Waals surface area contributed by atoms with Crippen molar-refractivity contribution in [2.75, 3.05) is 7.11 Å². The molecule has 2 atom stereocenters. The summed E-state index contributed by atoms with van der Waals surface area (Å²) in [6.07, 6.45) is 10.8. The molecule has 3 aliphatic rings. The Bertz CT molecular complexity index is 980. The number of fused-ring (bicyclic) bond motifs is 3. The summed E-state index contributed by atoms with van der Waals surface area (Å²) in [6, 6.07) is 14.4. The van der Waals surface area contributed by atoms with Crippen molar-refractivity contribution in [2.24, 2.45) is 17.8 Å². The molecule has 2 saturated heterocycles. The molecule has 2 aliphatic heterocycles. The Morgan fingerprint density at radius 2 is 1.74 bits per heavy atom. The lowest BCUT2D eigenvalue weighted by atomic mass is 9.78. The number of piperidine rings is 2. The van der Waals surface area contributed by atoms with Gasteiger partial charge in [0.15, 0.2) is 0 Å². The molecule has 4 heteroatoms. The molecule has 2 unspecified atom stereocenters. The van der Waals surface area contributed by atoms with Crippen LogP contribution < -0.4 is 4.74 Å². The van der Waals surface area contributed by atoms with Crippen LogP contribution in [0.5, 0.6) is 5.75 Å². The summed E-state index contributed by atoms with van der Waals surface area (Å²) < 4.78 is 11.6. The molecule has 0 spiro atoms. The minimum atomic E-state index is -0.0209. The van der Waals surface area contributed by atoms with Gasteiger partial charge in [-0.15, -0.1) is 0 Å². The maximum absolute atomic E-state index is 12.2. The van der Waals surface area contributed by atoms with Gasteiger partial charge in [0.1, 0.15) is 5.75 Å². The Balaban J connectivity index is 1.27. The fourth-order valence-electron chi connectivity index (χ4n) is 6.86. The van der Waals surface area contributed by atoms with Crippen LogP contribution >= 0.6 is 0 Å². The molecular formula is C30H41NO3. The van der Waals surface area contributed by atoms with Gasteiger partial charge in [-0.2, -0.15) is 0 Å². The van der Waals surface area contributed by atoms with Crippen molar-refractivity contribution in [2.45, 2.75) is 96.4 Å². The molecule has 3 fully saturated rings. The third-order valence-electron chi connectivity index (χ3n) is 8.89. The summed E-state index contributed by atoms with van der Waals surface area (Å²) in [7, 11) is 1.52. The third-order valence-corrected chi connectivity index (χ3v) is 8.89. The van der Waals surface area contributed by atoms with Crippen molar-refractivity contribution in [3.63, 3.8) is 0 Å². The highest BCUT2D eigenvalue weighted by Gasteiger charge is 2.41. The SMILES string of the molecule is COC(=O)C1CC2CCCC(C1)N2Cc1ccc2c(O[C@H]3CC[C@H](C(C)C)CC3)cccc2c1. The summed E-state index contributed by atoms with van der Waals surface area (Å²) in [5.74, 6) is 2.72. The zero-order valence-electron chi connectivity index (χ0n) is 21.2. The fraction of sp³-hybridized carbons (Fsp3) is 0.633. The van der Waals surface area contributed by atoms with E-state index in [1.807, 2.05) is 0 Å². The van der Waals surface area contributed by atoms with Gasteiger partial charge in [0.05, 0.1) is 19.1 Å². The normalized spacial score (nSPS) is 29.8. The lowest BCUT2D eigenvalue weighted by molar-refractivity contribution is -0.150. The van der Waals surface area contributed by atoms with Crippen molar-refractivity contribution in [3.05, 3.63) is 42.0 Å². The van der Waals surface area contributed by atoms with E-state index in [9.17, 15) is 4.79 Å². The van der Waals surface area contributed by atoms with Gasteiger partial charge in [-0.05, 0) is 86.3 Å². The average molecular weight is 464 g/mol. The predicted octanol–water partition coefficient (Wildman–Crippen LogP) is 6.74. The molecule has 5 rings (SSSR count). The monoisotopic (exact) mass is 463 g/mol. The molecule has 2 heterocycles. The minimum Gasteiger partial charge on any atom is -0.490 e.